The van der Waals surface area contributed by atoms with Crippen molar-refractivity contribution in [2.24, 2.45) is 5.92 Å². The Morgan fingerprint density at radius 3 is 2.67 bits per heavy atom. The van der Waals surface area contributed by atoms with E-state index in [-0.39, 0.29) is 0 Å². The summed E-state index contributed by atoms with van der Waals surface area (Å²) in [5, 5.41) is 4.21. The molecule has 1 aromatic rings. The molecule has 1 aliphatic rings. The maximum absolute atomic E-state index is 6.26. The molecule has 1 N–H and O–H groups in total. The van der Waals surface area contributed by atoms with Gasteiger partial charge in [-0.1, -0.05) is 38.1 Å². The molecule has 1 atom stereocenters. The zero-order chi connectivity index (χ0) is 11.2. The third-order valence-corrected chi connectivity index (χ3v) is 3.37. The van der Waals surface area contributed by atoms with Crippen molar-refractivity contribution in [3.05, 3.63) is 40.6 Å². The highest BCUT2D eigenvalue weighted by Crippen LogP contribution is 2.46. The zero-order valence-electron chi connectivity index (χ0n) is 9.39. The molecule has 1 nitrogen and oxygen atoms in total. The number of halogens is 1. The summed E-state index contributed by atoms with van der Waals surface area (Å²) in [7, 11) is 0. The van der Waals surface area contributed by atoms with Gasteiger partial charge in [0.2, 0.25) is 0 Å². The number of benzene rings is 1. The second-order valence-electron chi connectivity index (χ2n) is 4.52. The number of fused-ring (bicyclic) bond motifs is 1. The van der Waals surface area contributed by atoms with Gasteiger partial charge in [0.15, 0.2) is 0 Å². The van der Waals surface area contributed by atoms with E-state index in [0.29, 0.717) is 11.8 Å². The average Bonchev–Trinajstić information content (AvgIpc) is 2.50. The minimum Gasteiger partial charge on any atom is -0.358 e. The van der Waals surface area contributed by atoms with Crippen LogP contribution in [0.15, 0.2) is 24.4 Å². The summed E-state index contributed by atoms with van der Waals surface area (Å²) in [5.41, 5.74) is 4.68. The number of hydrogen-bond donors (Lipinski definition) is 1. The van der Waals surface area contributed by atoms with Gasteiger partial charge >= 0.3 is 0 Å². The minimum atomic E-state index is 0.340. The van der Waals surface area contributed by atoms with Crippen LogP contribution in [0.3, 0.4) is 0 Å². The molecule has 0 saturated heterocycles. The van der Waals surface area contributed by atoms with Gasteiger partial charge in [0.05, 0.1) is 0 Å². The highest BCUT2D eigenvalue weighted by molar-refractivity contribution is 6.32. The molecule has 15 heavy (non-hydrogen) atoms. The quantitative estimate of drug-likeness (QED) is 0.745. The fraction of sp³-hybridized carbons (Fsp3) is 0.385. The molecule has 0 aliphatic carbocycles. The highest BCUT2D eigenvalue weighted by atomic mass is 35.5. The van der Waals surface area contributed by atoms with Crippen molar-refractivity contribution in [1.29, 1.82) is 0 Å². The van der Waals surface area contributed by atoms with Crippen LogP contribution in [0.1, 0.15) is 30.9 Å². The van der Waals surface area contributed by atoms with Crippen LogP contribution in [0.5, 0.6) is 0 Å². The highest BCUT2D eigenvalue weighted by Gasteiger charge is 2.31. The summed E-state index contributed by atoms with van der Waals surface area (Å²) >= 11 is 6.26. The van der Waals surface area contributed by atoms with Crippen LogP contribution in [0.4, 0.5) is 5.69 Å². The van der Waals surface area contributed by atoms with E-state index < -0.39 is 0 Å². The van der Waals surface area contributed by atoms with E-state index in [1.165, 1.54) is 11.1 Å². The zero-order valence-corrected chi connectivity index (χ0v) is 10.2. The van der Waals surface area contributed by atoms with Crippen LogP contribution in [-0.4, -0.2) is 0 Å². The van der Waals surface area contributed by atoms with Gasteiger partial charge in [-0.25, -0.2) is 0 Å². The number of hydrogen-bond acceptors (Lipinski definition) is 1. The average molecular weight is 222 g/mol. The lowest BCUT2D eigenvalue weighted by molar-refractivity contribution is 0.571. The molecule has 1 aromatic carbocycles. The molecule has 2 rings (SSSR count). The Kier molecular flexibility index (Phi) is 2.51. The van der Waals surface area contributed by atoms with E-state index in [9.17, 15) is 0 Å². The van der Waals surface area contributed by atoms with E-state index >= 15 is 0 Å². The van der Waals surface area contributed by atoms with Gasteiger partial charge in [0.1, 0.15) is 0 Å². The lowest BCUT2D eigenvalue weighted by Gasteiger charge is -2.16. The summed E-state index contributed by atoms with van der Waals surface area (Å²) < 4.78 is 0. The third-order valence-electron chi connectivity index (χ3n) is 3.04. The second kappa shape index (κ2) is 3.57. The van der Waals surface area contributed by atoms with Gasteiger partial charge in [-0.3, -0.25) is 0 Å². The first-order valence-electron chi connectivity index (χ1n) is 5.27. The standard InChI is InChI=1S/C13H16ClN/c1-7(2)11-9(4)15-13-8(3)5-6-10(14)12(11)13/h5-7,11,15H,4H2,1-3H3. The van der Waals surface area contributed by atoms with Crippen LogP contribution in [0, 0.1) is 12.8 Å². The fourth-order valence-electron chi connectivity index (χ4n) is 2.32. The monoisotopic (exact) mass is 221 g/mol. The van der Waals surface area contributed by atoms with E-state index in [1.54, 1.807) is 0 Å². The van der Waals surface area contributed by atoms with Gasteiger partial charge in [-0.05, 0) is 24.5 Å². The van der Waals surface area contributed by atoms with E-state index in [1.807, 2.05) is 12.1 Å². The van der Waals surface area contributed by atoms with Gasteiger partial charge < -0.3 is 5.32 Å². The topological polar surface area (TPSA) is 12.0 Å². The van der Waals surface area contributed by atoms with Crippen LogP contribution < -0.4 is 5.32 Å². The molecule has 80 valence electrons. The Hall–Kier alpha value is -0.950. The second-order valence-corrected chi connectivity index (χ2v) is 4.93. The Morgan fingerprint density at radius 1 is 1.40 bits per heavy atom. The van der Waals surface area contributed by atoms with E-state index in [2.05, 4.69) is 32.7 Å². The molecule has 0 saturated carbocycles. The summed E-state index contributed by atoms with van der Waals surface area (Å²) in [6.45, 7) is 10.6. The SMILES string of the molecule is C=C1Nc2c(C)ccc(Cl)c2C1C(C)C. The lowest BCUT2D eigenvalue weighted by Crippen LogP contribution is -2.06. The van der Waals surface area contributed by atoms with Crippen LogP contribution in [0.2, 0.25) is 5.02 Å². The maximum Gasteiger partial charge on any atom is 0.0466 e. The van der Waals surface area contributed by atoms with Crippen molar-refractivity contribution in [2.45, 2.75) is 26.7 Å². The lowest BCUT2D eigenvalue weighted by atomic mass is 9.88. The Bertz CT molecular complexity index is 421. The molecule has 0 aromatic heterocycles. The van der Waals surface area contributed by atoms with Gasteiger partial charge in [-0.2, -0.15) is 0 Å². The van der Waals surface area contributed by atoms with Crippen molar-refractivity contribution in [1.82, 2.24) is 0 Å². The summed E-state index contributed by atoms with van der Waals surface area (Å²) in [5.74, 6) is 0.859. The molecule has 0 fully saturated rings. The molecule has 1 aliphatic heterocycles. The Morgan fingerprint density at radius 2 is 2.07 bits per heavy atom. The van der Waals surface area contributed by atoms with Crippen molar-refractivity contribution in [3.63, 3.8) is 0 Å². The first-order valence-corrected chi connectivity index (χ1v) is 5.65. The first kappa shape index (κ1) is 10.6. The van der Waals surface area contributed by atoms with E-state index in [0.717, 1.165) is 16.4 Å². The van der Waals surface area contributed by atoms with Crippen molar-refractivity contribution in [3.8, 4) is 0 Å². The number of aryl methyl sites for hydroxylation is 1. The van der Waals surface area contributed by atoms with Crippen LogP contribution in [-0.2, 0) is 0 Å². The molecule has 0 bridgehead atoms. The number of allylic oxidation sites excluding steroid dienone is 1. The van der Waals surface area contributed by atoms with Crippen molar-refractivity contribution >= 4 is 17.3 Å². The molecular weight excluding hydrogens is 206 g/mol. The first-order chi connectivity index (χ1) is 7.02. The number of rotatable bonds is 1. The van der Waals surface area contributed by atoms with Crippen molar-refractivity contribution in [2.75, 3.05) is 5.32 Å². The fourth-order valence-corrected chi connectivity index (χ4v) is 2.60. The molecule has 1 heterocycles. The van der Waals surface area contributed by atoms with Gasteiger partial charge in [0, 0.05) is 27.9 Å². The molecule has 1 unspecified atom stereocenters. The Balaban J connectivity index is 2.62. The molecule has 0 spiro atoms. The van der Waals surface area contributed by atoms with Crippen LogP contribution in [0.25, 0.3) is 0 Å². The molecule has 0 radical (unpaired) electrons. The normalized spacial score (nSPS) is 19.3. The minimum absolute atomic E-state index is 0.340. The summed E-state index contributed by atoms with van der Waals surface area (Å²) in [6.07, 6.45) is 0. The maximum atomic E-state index is 6.26. The largest absolute Gasteiger partial charge is 0.358 e. The third kappa shape index (κ3) is 1.55. The van der Waals surface area contributed by atoms with E-state index in [4.69, 9.17) is 11.6 Å². The predicted octanol–water partition coefficient (Wildman–Crippen LogP) is 4.33. The molecule has 2 heteroatoms. The van der Waals surface area contributed by atoms with Crippen LogP contribution >= 0.6 is 11.6 Å². The Labute approximate surface area is 96.1 Å². The number of nitrogens with one attached hydrogen (secondary N) is 1. The predicted molar refractivity (Wildman–Crippen MR) is 66.5 cm³/mol. The summed E-state index contributed by atoms with van der Waals surface area (Å²) in [6, 6.07) is 4.02. The summed E-state index contributed by atoms with van der Waals surface area (Å²) in [4.78, 5) is 0. The smallest absolute Gasteiger partial charge is 0.0466 e. The molecule has 0 amide bonds. The number of anilines is 1. The molecular formula is C13H16ClN. The van der Waals surface area contributed by atoms with Gasteiger partial charge in [0.25, 0.3) is 0 Å². The van der Waals surface area contributed by atoms with Gasteiger partial charge in [-0.15, -0.1) is 0 Å². The van der Waals surface area contributed by atoms with Crippen molar-refractivity contribution < 1.29 is 0 Å².